The van der Waals surface area contributed by atoms with Gasteiger partial charge in [0.25, 0.3) is 0 Å². The summed E-state index contributed by atoms with van der Waals surface area (Å²) in [7, 11) is 0. The normalized spacial score (nSPS) is 12.3. The average molecular weight is 527 g/mol. The van der Waals surface area contributed by atoms with Gasteiger partial charge in [0.05, 0.1) is 27.6 Å². The van der Waals surface area contributed by atoms with Crippen LogP contribution < -0.4 is 0 Å². The van der Waals surface area contributed by atoms with Gasteiger partial charge >= 0.3 is 0 Å². The monoisotopic (exact) mass is 526 g/mol. The number of furan rings is 1. The Morgan fingerprint density at radius 1 is 0.585 bits per heavy atom. The van der Waals surface area contributed by atoms with Crippen LogP contribution in [-0.4, -0.2) is 9.38 Å². The lowest BCUT2D eigenvalue weighted by Crippen LogP contribution is -1.90. The molecule has 0 radical (unpaired) electrons. The second kappa shape index (κ2) is 7.96. The summed E-state index contributed by atoms with van der Waals surface area (Å²) in [6.07, 6.45) is 1.86. The minimum atomic E-state index is 0.920. The minimum absolute atomic E-state index is 0.920. The Morgan fingerprint density at radius 3 is 2.15 bits per heavy atom. The van der Waals surface area contributed by atoms with Crippen LogP contribution in [0.4, 0.5) is 0 Å². The summed E-state index contributed by atoms with van der Waals surface area (Å²) in [5.74, 6) is 0. The predicted octanol–water partition coefficient (Wildman–Crippen LogP) is 10.4. The van der Waals surface area contributed by atoms with Gasteiger partial charge in [-0.05, 0) is 97.6 Å². The van der Waals surface area contributed by atoms with Crippen molar-refractivity contribution in [3.05, 3.63) is 120 Å². The number of aromatic nitrogens is 2. The van der Waals surface area contributed by atoms with Gasteiger partial charge in [0.2, 0.25) is 0 Å². The number of nitrogens with zero attached hydrogens (tertiary/aromatic N) is 2. The molecule has 3 heteroatoms. The second-order valence-corrected chi connectivity index (χ2v) is 11.4. The van der Waals surface area contributed by atoms with Gasteiger partial charge in [0.15, 0.2) is 0 Å². The largest absolute Gasteiger partial charge is 0.456 e. The molecule has 0 aliphatic rings. The molecule has 3 nitrogen and oxygen atoms in total. The molecule has 0 spiro atoms. The van der Waals surface area contributed by atoms with Gasteiger partial charge in [0, 0.05) is 38.7 Å². The molecule has 0 atom stereocenters. The summed E-state index contributed by atoms with van der Waals surface area (Å²) < 4.78 is 8.82. The van der Waals surface area contributed by atoms with Crippen LogP contribution in [0.25, 0.3) is 82.4 Å². The molecule has 0 bridgehead atoms. The van der Waals surface area contributed by atoms with E-state index in [2.05, 4.69) is 115 Å². The molecule has 5 aromatic carbocycles. The fourth-order valence-electron chi connectivity index (χ4n) is 7.31. The molecule has 0 N–H and O–H groups in total. The third-order valence-electron chi connectivity index (χ3n) is 8.82. The van der Waals surface area contributed by atoms with Gasteiger partial charge in [0.1, 0.15) is 11.2 Å². The van der Waals surface area contributed by atoms with Crippen molar-refractivity contribution in [2.24, 2.45) is 0 Å². The second-order valence-electron chi connectivity index (χ2n) is 11.4. The number of benzene rings is 5. The molecule has 41 heavy (non-hydrogen) atoms. The fraction of sp³-hybridized carbons (Fsp3) is 0.0789. The maximum Gasteiger partial charge on any atom is 0.137 e. The maximum absolute atomic E-state index is 6.35. The Hall–Kier alpha value is -5.15. The van der Waals surface area contributed by atoms with E-state index in [1.807, 2.05) is 18.3 Å². The van der Waals surface area contributed by atoms with Crippen molar-refractivity contribution >= 4 is 60.0 Å². The van der Waals surface area contributed by atoms with Crippen LogP contribution in [0.15, 0.2) is 108 Å². The molecule has 0 amide bonds. The van der Waals surface area contributed by atoms with Crippen LogP contribution in [0, 0.1) is 20.8 Å². The van der Waals surface area contributed by atoms with Crippen molar-refractivity contribution < 1.29 is 4.42 Å². The zero-order valence-electron chi connectivity index (χ0n) is 23.1. The first-order valence-corrected chi connectivity index (χ1v) is 14.1. The van der Waals surface area contributed by atoms with E-state index in [1.165, 1.54) is 71.3 Å². The topological polar surface area (TPSA) is 30.4 Å². The number of hydrogen-bond donors (Lipinski definition) is 0. The number of pyridine rings is 1. The van der Waals surface area contributed by atoms with Crippen LogP contribution in [0.5, 0.6) is 0 Å². The van der Waals surface area contributed by atoms with E-state index in [1.54, 1.807) is 0 Å². The summed E-state index contributed by atoms with van der Waals surface area (Å²) in [5, 5.41) is 7.36. The van der Waals surface area contributed by atoms with Gasteiger partial charge in [-0.1, -0.05) is 48.0 Å². The van der Waals surface area contributed by atoms with Crippen molar-refractivity contribution in [2.45, 2.75) is 20.8 Å². The number of fused-ring (bicyclic) bond motifs is 10. The highest BCUT2D eigenvalue weighted by Crippen LogP contribution is 2.46. The average Bonchev–Trinajstić information content (AvgIpc) is 3.62. The molecule has 9 aromatic rings. The molecule has 0 aliphatic carbocycles. The van der Waals surface area contributed by atoms with Crippen molar-refractivity contribution in [2.75, 3.05) is 0 Å². The van der Waals surface area contributed by atoms with Crippen LogP contribution in [0.1, 0.15) is 16.7 Å². The van der Waals surface area contributed by atoms with Crippen molar-refractivity contribution in [3.63, 3.8) is 0 Å². The molecular formula is C38H26N2O. The predicted molar refractivity (Wildman–Crippen MR) is 171 cm³/mol. The SMILES string of the molecule is Cc1cc(C)c(-c2cc3c4cc(-c5ccccn5)ccc4n4c3c(c2)c2ccc3oc5ccccc5c3c24)c(C)c1. The van der Waals surface area contributed by atoms with Crippen molar-refractivity contribution in [3.8, 4) is 22.4 Å². The lowest BCUT2D eigenvalue weighted by Gasteiger charge is -2.12. The van der Waals surface area contributed by atoms with E-state index in [9.17, 15) is 0 Å². The number of para-hydroxylation sites is 1. The van der Waals surface area contributed by atoms with Crippen molar-refractivity contribution in [1.29, 1.82) is 0 Å². The summed E-state index contributed by atoms with van der Waals surface area (Å²) in [6.45, 7) is 6.64. The lowest BCUT2D eigenvalue weighted by molar-refractivity contribution is 0.669. The van der Waals surface area contributed by atoms with Gasteiger partial charge < -0.3 is 8.82 Å². The lowest BCUT2D eigenvalue weighted by atomic mass is 9.91. The van der Waals surface area contributed by atoms with E-state index < -0.39 is 0 Å². The van der Waals surface area contributed by atoms with Gasteiger partial charge in [-0.25, -0.2) is 0 Å². The Kier molecular flexibility index (Phi) is 4.39. The maximum atomic E-state index is 6.35. The van der Waals surface area contributed by atoms with E-state index >= 15 is 0 Å². The first-order valence-electron chi connectivity index (χ1n) is 14.1. The molecule has 0 saturated carbocycles. The first-order chi connectivity index (χ1) is 20.1. The molecule has 4 aromatic heterocycles. The highest BCUT2D eigenvalue weighted by molar-refractivity contribution is 6.30. The van der Waals surface area contributed by atoms with Crippen LogP contribution in [0.3, 0.4) is 0 Å². The highest BCUT2D eigenvalue weighted by atomic mass is 16.3. The summed E-state index contributed by atoms with van der Waals surface area (Å²) in [6, 6.07) is 35.1. The Morgan fingerprint density at radius 2 is 1.34 bits per heavy atom. The quantitative estimate of drug-likeness (QED) is 0.224. The Labute approximate surface area is 236 Å². The summed E-state index contributed by atoms with van der Waals surface area (Å²) >= 11 is 0. The molecular weight excluding hydrogens is 500 g/mol. The van der Waals surface area contributed by atoms with E-state index in [0.29, 0.717) is 0 Å². The van der Waals surface area contributed by atoms with Crippen LogP contribution >= 0.6 is 0 Å². The highest BCUT2D eigenvalue weighted by Gasteiger charge is 2.23. The van der Waals surface area contributed by atoms with Crippen molar-refractivity contribution in [1.82, 2.24) is 9.38 Å². The van der Waals surface area contributed by atoms with Gasteiger partial charge in [-0.2, -0.15) is 0 Å². The Bertz CT molecular complexity index is 2470. The standard InChI is InChI=1S/C38H26N2O/c1-21-16-22(2)35(23(3)17-21)25-19-29-26-12-14-34-36(27-8-4-5-10-33(27)41-34)38(26)40-32-13-11-24(31-9-6-7-15-39-31)18-28(32)30(20-25)37(29)40/h4-20H,1-3H3. The van der Waals surface area contributed by atoms with Gasteiger partial charge in [-0.3, -0.25) is 4.98 Å². The first kappa shape index (κ1) is 22.6. The number of hydrogen-bond acceptors (Lipinski definition) is 2. The third kappa shape index (κ3) is 3.01. The number of aryl methyl sites for hydroxylation is 3. The Balaban J connectivity index is 1.51. The van der Waals surface area contributed by atoms with Gasteiger partial charge in [-0.15, -0.1) is 0 Å². The zero-order valence-corrected chi connectivity index (χ0v) is 23.1. The summed E-state index contributed by atoms with van der Waals surface area (Å²) in [4.78, 5) is 4.66. The minimum Gasteiger partial charge on any atom is -0.456 e. The fourth-order valence-corrected chi connectivity index (χ4v) is 7.31. The molecule has 0 fully saturated rings. The number of rotatable bonds is 2. The smallest absolute Gasteiger partial charge is 0.137 e. The molecule has 194 valence electrons. The van der Waals surface area contributed by atoms with E-state index in [4.69, 9.17) is 4.42 Å². The molecule has 9 rings (SSSR count). The summed E-state index contributed by atoms with van der Waals surface area (Å²) in [5.41, 5.74) is 14.1. The van der Waals surface area contributed by atoms with E-state index in [0.717, 1.165) is 27.8 Å². The molecule has 0 aliphatic heterocycles. The zero-order chi connectivity index (χ0) is 27.4. The third-order valence-corrected chi connectivity index (χ3v) is 8.82. The van der Waals surface area contributed by atoms with Crippen LogP contribution in [0.2, 0.25) is 0 Å². The van der Waals surface area contributed by atoms with E-state index in [-0.39, 0.29) is 0 Å². The van der Waals surface area contributed by atoms with Crippen LogP contribution in [-0.2, 0) is 0 Å². The molecule has 0 unspecified atom stereocenters. The molecule has 0 saturated heterocycles. The molecule has 4 heterocycles.